The molecule has 0 bridgehead atoms. The van der Waals surface area contributed by atoms with E-state index in [1.165, 1.54) is 0 Å². The van der Waals surface area contributed by atoms with E-state index in [0.717, 1.165) is 28.2 Å². The lowest BCUT2D eigenvalue weighted by molar-refractivity contribution is 0.970. The van der Waals surface area contributed by atoms with Crippen LogP contribution in [0.5, 0.6) is 0 Å². The average molecular weight is 276 g/mol. The number of aromatic nitrogens is 3. The second-order valence-corrected chi connectivity index (χ2v) is 4.96. The molecule has 2 heterocycles. The monoisotopic (exact) mass is 276 g/mol. The third-order valence-corrected chi connectivity index (χ3v) is 3.28. The van der Waals surface area contributed by atoms with Gasteiger partial charge in [0.2, 0.25) is 0 Å². The van der Waals surface area contributed by atoms with E-state index >= 15 is 0 Å². The van der Waals surface area contributed by atoms with Gasteiger partial charge in [-0.15, -0.1) is 10.2 Å². The van der Waals surface area contributed by atoms with Gasteiger partial charge in [0.15, 0.2) is 5.82 Å². The van der Waals surface area contributed by atoms with Crippen molar-refractivity contribution in [3.05, 3.63) is 60.9 Å². The minimum Gasteiger partial charge on any atom is -0.361 e. The number of hydrogen-bond acceptors (Lipinski definition) is 4. The first-order valence-electron chi connectivity index (χ1n) is 6.76. The maximum absolute atomic E-state index is 4.43. The summed E-state index contributed by atoms with van der Waals surface area (Å²) in [6.07, 6.45) is 3.54. The number of anilines is 1. The Balaban J connectivity index is 2.21. The Bertz CT molecular complexity index is 724. The zero-order valence-electron chi connectivity index (χ0n) is 12.1. The lowest BCUT2D eigenvalue weighted by Crippen LogP contribution is -2.12. The fourth-order valence-electron chi connectivity index (χ4n) is 2.16. The molecule has 0 saturated carbocycles. The van der Waals surface area contributed by atoms with E-state index in [0.29, 0.717) is 0 Å². The summed E-state index contributed by atoms with van der Waals surface area (Å²) >= 11 is 0. The minimum absolute atomic E-state index is 0.839. The van der Waals surface area contributed by atoms with Crippen molar-refractivity contribution in [1.82, 2.24) is 15.2 Å². The van der Waals surface area contributed by atoms with Crippen LogP contribution in [0, 0.1) is 0 Å². The molecule has 4 heteroatoms. The van der Waals surface area contributed by atoms with Gasteiger partial charge in [-0.05, 0) is 23.8 Å². The normalized spacial score (nSPS) is 10.4. The SMILES string of the molecule is CN(C)c1cc(-c2ccccc2)c(-c2ccncc2)nn1. The molecule has 0 saturated heterocycles. The van der Waals surface area contributed by atoms with Crippen LogP contribution in [-0.2, 0) is 0 Å². The third kappa shape index (κ3) is 2.74. The van der Waals surface area contributed by atoms with Gasteiger partial charge >= 0.3 is 0 Å². The summed E-state index contributed by atoms with van der Waals surface area (Å²) in [5, 5.41) is 8.72. The average Bonchev–Trinajstić information content (AvgIpc) is 2.56. The van der Waals surface area contributed by atoms with E-state index in [4.69, 9.17) is 0 Å². The van der Waals surface area contributed by atoms with Crippen LogP contribution in [0.4, 0.5) is 5.82 Å². The van der Waals surface area contributed by atoms with Crippen molar-refractivity contribution in [2.75, 3.05) is 19.0 Å². The van der Waals surface area contributed by atoms with Crippen LogP contribution in [0.3, 0.4) is 0 Å². The highest BCUT2D eigenvalue weighted by molar-refractivity contribution is 5.81. The van der Waals surface area contributed by atoms with E-state index in [1.807, 2.05) is 49.3 Å². The number of nitrogens with zero attached hydrogens (tertiary/aromatic N) is 4. The van der Waals surface area contributed by atoms with Crippen LogP contribution < -0.4 is 4.90 Å². The van der Waals surface area contributed by atoms with Gasteiger partial charge in [0.05, 0.1) is 0 Å². The molecule has 0 unspecified atom stereocenters. The summed E-state index contributed by atoms with van der Waals surface area (Å²) in [5.74, 6) is 0.839. The van der Waals surface area contributed by atoms with Gasteiger partial charge in [-0.2, -0.15) is 0 Å². The van der Waals surface area contributed by atoms with Gasteiger partial charge in [-0.1, -0.05) is 30.3 Å². The molecule has 1 aromatic carbocycles. The Morgan fingerprint density at radius 1 is 0.810 bits per heavy atom. The van der Waals surface area contributed by atoms with Crippen LogP contribution >= 0.6 is 0 Å². The van der Waals surface area contributed by atoms with Crippen LogP contribution in [0.15, 0.2) is 60.9 Å². The van der Waals surface area contributed by atoms with Gasteiger partial charge < -0.3 is 4.90 Å². The molecule has 0 aliphatic rings. The molecule has 0 fully saturated rings. The van der Waals surface area contributed by atoms with Gasteiger partial charge in [-0.25, -0.2) is 0 Å². The van der Waals surface area contributed by atoms with E-state index in [9.17, 15) is 0 Å². The zero-order valence-corrected chi connectivity index (χ0v) is 12.1. The molecule has 104 valence electrons. The molecule has 3 rings (SSSR count). The highest BCUT2D eigenvalue weighted by Crippen LogP contribution is 2.31. The quantitative estimate of drug-likeness (QED) is 0.736. The highest BCUT2D eigenvalue weighted by atomic mass is 15.2. The van der Waals surface area contributed by atoms with E-state index in [2.05, 4.69) is 33.4 Å². The molecular formula is C17H16N4. The summed E-state index contributed by atoms with van der Waals surface area (Å²) < 4.78 is 0. The first-order chi connectivity index (χ1) is 10.3. The molecule has 4 nitrogen and oxygen atoms in total. The molecule has 0 radical (unpaired) electrons. The van der Waals surface area contributed by atoms with E-state index in [1.54, 1.807) is 12.4 Å². The second kappa shape index (κ2) is 5.71. The number of benzene rings is 1. The molecule has 0 atom stereocenters. The summed E-state index contributed by atoms with van der Waals surface area (Å²) in [4.78, 5) is 6.02. The van der Waals surface area contributed by atoms with E-state index < -0.39 is 0 Å². The Morgan fingerprint density at radius 2 is 1.52 bits per heavy atom. The fraction of sp³-hybridized carbons (Fsp3) is 0.118. The van der Waals surface area contributed by atoms with Crippen molar-refractivity contribution in [3.63, 3.8) is 0 Å². The maximum atomic E-state index is 4.43. The molecule has 2 aromatic heterocycles. The molecule has 21 heavy (non-hydrogen) atoms. The number of hydrogen-bond donors (Lipinski definition) is 0. The Hall–Kier alpha value is -2.75. The smallest absolute Gasteiger partial charge is 0.151 e. The topological polar surface area (TPSA) is 41.9 Å². The Morgan fingerprint density at radius 3 is 2.19 bits per heavy atom. The number of rotatable bonds is 3. The van der Waals surface area contributed by atoms with Gasteiger partial charge in [0, 0.05) is 37.6 Å². The first kappa shape index (κ1) is 13.2. The van der Waals surface area contributed by atoms with Crippen molar-refractivity contribution in [1.29, 1.82) is 0 Å². The third-order valence-electron chi connectivity index (χ3n) is 3.28. The standard InChI is InChI=1S/C17H16N4/c1-21(2)16-12-15(13-6-4-3-5-7-13)17(20-19-16)14-8-10-18-11-9-14/h3-12H,1-2H3. The highest BCUT2D eigenvalue weighted by Gasteiger charge is 2.12. The summed E-state index contributed by atoms with van der Waals surface area (Å²) in [6.45, 7) is 0. The summed E-state index contributed by atoms with van der Waals surface area (Å²) in [6, 6.07) is 16.2. The second-order valence-electron chi connectivity index (χ2n) is 4.96. The molecule has 0 N–H and O–H groups in total. The lowest BCUT2D eigenvalue weighted by Gasteiger charge is -2.14. The summed E-state index contributed by atoms with van der Waals surface area (Å²) in [7, 11) is 3.93. The van der Waals surface area contributed by atoms with E-state index in [-0.39, 0.29) is 0 Å². The largest absolute Gasteiger partial charge is 0.361 e. The van der Waals surface area contributed by atoms with Gasteiger partial charge in [-0.3, -0.25) is 4.98 Å². The van der Waals surface area contributed by atoms with Crippen molar-refractivity contribution in [2.24, 2.45) is 0 Å². The predicted octanol–water partition coefficient (Wildman–Crippen LogP) is 3.27. The van der Waals surface area contributed by atoms with Crippen LogP contribution in [0.25, 0.3) is 22.4 Å². The Kier molecular flexibility index (Phi) is 3.60. The maximum Gasteiger partial charge on any atom is 0.151 e. The Labute approximate surface area is 124 Å². The predicted molar refractivity (Wildman–Crippen MR) is 85.0 cm³/mol. The molecule has 0 aliphatic heterocycles. The van der Waals surface area contributed by atoms with Crippen molar-refractivity contribution in [2.45, 2.75) is 0 Å². The molecule has 0 spiro atoms. The van der Waals surface area contributed by atoms with Crippen molar-refractivity contribution in [3.8, 4) is 22.4 Å². The van der Waals surface area contributed by atoms with Gasteiger partial charge in [0.25, 0.3) is 0 Å². The molecule has 3 aromatic rings. The van der Waals surface area contributed by atoms with Gasteiger partial charge in [0.1, 0.15) is 5.69 Å². The van der Waals surface area contributed by atoms with Crippen LogP contribution in [0.1, 0.15) is 0 Å². The fourth-order valence-corrected chi connectivity index (χ4v) is 2.16. The van der Waals surface area contributed by atoms with Crippen LogP contribution in [0.2, 0.25) is 0 Å². The molecule has 0 aliphatic carbocycles. The summed E-state index contributed by atoms with van der Waals surface area (Å²) in [5.41, 5.74) is 4.08. The minimum atomic E-state index is 0.839. The lowest BCUT2D eigenvalue weighted by atomic mass is 10.0. The van der Waals surface area contributed by atoms with Crippen LogP contribution in [-0.4, -0.2) is 29.3 Å². The number of pyridine rings is 1. The molecular weight excluding hydrogens is 260 g/mol. The zero-order chi connectivity index (χ0) is 14.7. The molecule has 0 amide bonds. The van der Waals surface area contributed by atoms with Crippen molar-refractivity contribution >= 4 is 5.82 Å². The first-order valence-corrected chi connectivity index (χ1v) is 6.76. The van der Waals surface area contributed by atoms with Crippen molar-refractivity contribution < 1.29 is 0 Å².